The van der Waals surface area contributed by atoms with Crippen molar-refractivity contribution >= 4 is 33.2 Å². The van der Waals surface area contributed by atoms with E-state index >= 15 is 0 Å². The van der Waals surface area contributed by atoms with Crippen molar-refractivity contribution in [2.75, 3.05) is 18.6 Å². The molecule has 1 heterocycles. The molecule has 0 aliphatic rings. The second-order valence-electron chi connectivity index (χ2n) is 5.38. The number of thioether (sulfide) groups is 1. The Morgan fingerprint density at radius 1 is 1.21 bits per heavy atom. The van der Waals surface area contributed by atoms with Crippen LogP contribution in [-0.4, -0.2) is 24.6 Å². The minimum absolute atomic E-state index is 0.571. The standard InChI is InChI=1S/C16H23NS2/c1-12(2)9-18-11-14(17-3)8-13-10-19-16-7-5-4-6-15(13)16/h4-7,10,12,14,17H,8-9,11H2,1-3H3. The van der Waals surface area contributed by atoms with Crippen molar-refractivity contribution in [1.29, 1.82) is 0 Å². The van der Waals surface area contributed by atoms with Crippen LogP contribution in [0.3, 0.4) is 0 Å². The molecule has 0 radical (unpaired) electrons. The molecule has 0 aliphatic heterocycles. The molecule has 2 aromatic rings. The van der Waals surface area contributed by atoms with Gasteiger partial charge in [-0.05, 0) is 47.5 Å². The fraction of sp³-hybridized carbons (Fsp3) is 0.500. The van der Waals surface area contributed by atoms with Crippen molar-refractivity contribution in [3.05, 3.63) is 35.2 Å². The van der Waals surface area contributed by atoms with Gasteiger partial charge in [-0.1, -0.05) is 32.0 Å². The maximum Gasteiger partial charge on any atom is 0.0345 e. The van der Waals surface area contributed by atoms with Gasteiger partial charge in [-0.2, -0.15) is 11.8 Å². The zero-order chi connectivity index (χ0) is 13.7. The highest BCUT2D eigenvalue weighted by Crippen LogP contribution is 2.27. The first-order valence-electron chi connectivity index (χ1n) is 6.90. The lowest BCUT2D eigenvalue weighted by Gasteiger charge is -2.16. The zero-order valence-corrected chi connectivity index (χ0v) is 13.6. The van der Waals surface area contributed by atoms with Gasteiger partial charge in [0.2, 0.25) is 0 Å². The minimum Gasteiger partial charge on any atom is -0.316 e. The van der Waals surface area contributed by atoms with E-state index in [0.717, 1.165) is 12.3 Å². The minimum atomic E-state index is 0.571. The van der Waals surface area contributed by atoms with E-state index < -0.39 is 0 Å². The van der Waals surface area contributed by atoms with Crippen LogP contribution in [0.2, 0.25) is 0 Å². The number of thiophene rings is 1. The molecule has 2 rings (SSSR count). The van der Waals surface area contributed by atoms with Crippen molar-refractivity contribution in [3.63, 3.8) is 0 Å². The molecular weight excluding hydrogens is 270 g/mol. The van der Waals surface area contributed by atoms with Crippen LogP contribution in [0.25, 0.3) is 10.1 Å². The van der Waals surface area contributed by atoms with E-state index in [9.17, 15) is 0 Å². The van der Waals surface area contributed by atoms with Crippen LogP contribution in [0.1, 0.15) is 19.4 Å². The van der Waals surface area contributed by atoms with Crippen LogP contribution >= 0.6 is 23.1 Å². The first-order chi connectivity index (χ1) is 9.20. The molecule has 1 N–H and O–H groups in total. The molecule has 104 valence electrons. The Hall–Kier alpha value is -0.510. The molecule has 0 spiro atoms. The maximum atomic E-state index is 3.46. The molecular formula is C16H23NS2. The van der Waals surface area contributed by atoms with E-state index in [1.165, 1.54) is 27.2 Å². The maximum absolute atomic E-state index is 3.46. The lowest BCUT2D eigenvalue weighted by atomic mass is 10.1. The lowest BCUT2D eigenvalue weighted by molar-refractivity contribution is 0.618. The highest BCUT2D eigenvalue weighted by Gasteiger charge is 2.11. The number of likely N-dealkylation sites (N-methyl/N-ethyl adjacent to an activating group) is 1. The van der Waals surface area contributed by atoms with E-state index in [2.05, 4.69) is 67.6 Å². The van der Waals surface area contributed by atoms with Crippen molar-refractivity contribution in [2.24, 2.45) is 5.92 Å². The smallest absolute Gasteiger partial charge is 0.0345 e. The Labute approximate surface area is 124 Å². The summed E-state index contributed by atoms with van der Waals surface area (Å²) in [5.74, 6) is 3.23. The number of benzene rings is 1. The fourth-order valence-electron chi connectivity index (χ4n) is 2.15. The van der Waals surface area contributed by atoms with Crippen molar-refractivity contribution in [1.82, 2.24) is 5.32 Å². The van der Waals surface area contributed by atoms with Gasteiger partial charge in [-0.25, -0.2) is 0 Å². The third-order valence-corrected chi connectivity index (χ3v) is 5.76. The Morgan fingerprint density at radius 2 is 2.00 bits per heavy atom. The average molecular weight is 294 g/mol. The molecule has 0 amide bonds. The zero-order valence-electron chi connectivity index (χ0n) is 12.0. The van der Waals surface area contributed by atoms with Crippen LogP contribution in [0.15, 0.2) is 29.6 Å². The molecule has 0 saturated carbocycles. The highest BCUT2D eigenvalue weighted by molar-refractivity contribution is 7.99. The first kappa shape index (κ1) is 14.9. The van der Waals surface area contributed by atoms with Gasteiger partial charge >= 0.3 is 0 Å². The second-order valence-corrected chi connectivity index (χ2v) is 7.36. The summed E-state index contributed by atoms with van der Waals surface area (Å²) in [6, 6.07) is 9.29. The summed E-state index contributed by atoms with van der Waals surface area (Å²) in [4.78, 5) is 0. The summed E-state index contributed by atoms with van der Waals surface area (Å²) in [7, 11) is 2.08. The van der Waals surface area contributed by atoms with Gasteiger partial charge in [-0.15, -0.1) is 11.3 Å². The van der Waals surface area contributed by atoms with Crippen LogP contribution in [0.5, 0.6) is 0 Å². The summed E-state index contributed by atoms with van der Waals surface area (Å²) in [5, 5.41) is 7.22. The van der Waals surface area contributed by atoms with E-state index in [4.69, 9.17) is 0 Å². The summed E-state index contributed by atoms with van der Waals surface area (Å²) < 4.78 is 1.40. The molecule has 0 fully saturated rings. The Kier molecular flexibility index (Phi) is 5.74. The molecule has 3 heteroatoms. The van der Waals surface area contributed by atoms with E-state index in [0.29, 0.717) is 6.04 Å². The summed E-state index contributed by atoms with van der Waals surface area (Å²) in [6.45, 7) is 4.57. The molecule has 1 nitrogen and oxygen atoms in total. The van der Waals surface area contributed by atoms with Gasteiger partial charge in [0.25, 0.3) is 0 Å². The third kappa shape index (κ3) is 4.23. The van der Waals surface area contributed by atoms with Crippen LogP contribution in [0.4, 0.5) is 0 Å². The Bertz CT molecular complexity index is 504. The largest absolute Gasteiger partial charge is 0.316 e. The van der Waals surface area contributed by atoms with Crippen molar-refractivity contribution in [3.8, 4) is 0 Å². The Balaban J connectivity index is 1.97. The van der Waals surface area contributed by atoms with Crippen molar-refractivity contribution < 1.29 is 0 Å². The molecule has 1 atom stereocenters. The van der Waals surface area contributed by atoms with E-state index in [1.54, 1.807) is 0 Å². The van der Waals surface area contributed by atoms with E-state index in [-0.39, 0.29) is 0 Å². The average Bonchev–Trinajstić information content (AvgIpc) is 2.80. The predicted molar refractivity (Wildman–Crippen MR) is 90.5 cm³/mol. The van der Waals surface area contributed by atoms with Crippen molar-refractivity contribution in [2.45, 2.75) is 26.3 Å². The monoisotopic (exact) mass is 293 g/mol. The number of rotatable bonds is 7. The quantitative estimate of drug-likeness (QED) is 0.811. The van der Waals surface area contributed by atoms with Crippen LogP contribution in [0, 0.1) is 5.92 Å². The molecule has 1 unspecified atom stereocenters. The molecule has 19 heavy (non-hydrogen) atoms. The van der Waals surface area contributed by atoms with Crippen LogP contribution in [-0.2, 0) is 6.42 Å². The van der Waals surface area contributed by atoms with Gasteiger partial charge in [0.15, 0.2) is 0 Å². The van der Waals surface area contributed by atoms with Gasteiger partial charge in [0, 0.05) is 16.5 Å². The first-order valence-corrected chi connectivity index (χ1v) is 8.94. The van der Waals surface area contributed by atoms with Gasteiger partial charge in [-0.3, -0.25) is 0 Å². The molecule has 1 aromatic heterocycles. The lowest BCUT2D eigenvalue weighted by Crippen LogP contribution is -2.30. The topological polar surface area (TPSA) is 12.0 Å². The molecule has 1 aromatic carbocycles. The van der Waals surface area contributed by atoms with Crippen LogP contribution < -0.4 is 5.32 Å². The summed E-state index contributed by atoms with van der Waals surface area (Å²) in [5.41, 5.74) is 1.49. The molecule has 0 bridgehead atoms. The summed E-state index contributed by atoms with van der Waals surface area (Å²) in [6.07, 6.45) is 1.13. The number of nitrogens with one attached hydrogen (secondary N) is 1. The molecule has 0 saturated heterocycles. The summed E-state index contributed by atoms with van der Waals surface area (Å²) >= 11 is 3.92. The predicted octanol–water partition coefficient (Wildman–Crippen LogP) is 4.42. The Morgan fingerprint density at radius 3 is 2.74 bits per heavy atom. The van der Waals surface area contributed by atoms with Gasteiger partial charge in [0.05, 0.1) is 0 Å². The number of hydrogen-bond donors (Lipinski definition) is 1. The number of hydrogen-bond acceptors (Lipinski definition) is 3. The second kappa shape index (κ2) is 7.32. The van der Waals surface area contributed by atoms with Gasteiger partial charge < -0.3 is 5.32 Å². The SMILES string of the molecule is CNC(CSCC(C)C)Cc1csc2ccccc12. The molecule has 0 aliphatic carbocycles. The third-order valence-electron chi connectivity index (χ3n) is 3.21. The normalized spacial score (nSPS) is 13.3. The number of fused-ring (bicyclic) bond motifs is 1. The van der Waals surface area contributed by atoms with Gasteiger partial charge in [0.1, 0.15) is 0 Å². The highest BCUT2D eigenvalue weighted by atomic mass is 32.2. The fourth-order valence-corrected chi connectivity index (χ4v) is 4.30. The van der Waals surface area contributed by atoms with E-state index in [1.807, 2.05) is 11.3 Å².